The van der Waals surface area contributed by atoms with Gasteiger partial charge in [-0.25, -0.2) is 0 Å². The van der Waals surface area contributed by atoms with E-state index in [2.05, 4.69) is 26.3 Å². The number of nitrogens with one attached hydrogen (secondary N) is 1. The van der Waals surface area contributed by atoms with E-state index in [1.54, 1.807) is 4.68 Å². The zero-order valence-electron chi connectivity index (χ0n) is 15.7. The number of aromatic amines is 1. The zero-order valence-corrected chi connectivity index (χ0v) is 17.3. The lowest BCUT2D eigenvalue weighted by molar-refractivity contribution is 0.0548. The highest BCUT2D eigenvalue weighted by molar-refractivity contribution is 7.71. The lowest BCUT2D eigenvalue weighted by Crippen LogP contribution is -2.36. The number of ether oxygens (including phenoxy) is 1. The number of halogens is 1. The fourth-order valence-corrected chi connectivity index (χ4v) is 3.92. The first kappa shape index (κ1) is 19.1. The molecule has 1 aromatic carbocycles. The third kappa shape index (κ3) is 4.11. The Morgan fingerprint density at radius 1 is 1.21 bits per heavy atom. The summed E-state index contributed by atoms with van der Waals surface area (Å²) in [7, 11) is 0. The molecule has 1 aromatic heterocycles. The lowest BCUT2D eigenvalue weighted by Gasteiger charge is -2.31. The molecule has 8 heteroatoms. The number of rotatable bonds is 4. The molecule has 28 heavy (non-hydrogen) atoms. The summed E-state index contributed by atoms with van der Waals surface area (Å²) in [5, 5.41) is 12.2. The van der Waals surface area contributed by atoms with Crippen molar-refractivity contribution in [3.63, 3.8) is 0 Å². The van der Waals surface area contributed by atoms with E-state index in [0.717, 1.165) is 55.6 Å². The van der Waals surface area contributed by atoms with Crippen molar-refractivity contribution in [2.75, 3.05) is 26.3 Å². The minimum Gasteiger partial charge on any atom is -0.378 e. The summed E-state index contributed by atoms with van der Waals surface area (Å²) >= 11 is 11.3. The van der Waals surface area contributed by atoms with Gasteiger partial charge < -0.3 is 9.64 Å². The first-order chi connectivity index (χ1) is 13.6. The number of H-pyrrole nitrogens is 1. The summed E-state index contributed by atoms with van der Waals surface area (Å²) in [5.41, 5.74) is 4.94. The van der Waals surface area contributed by atoms with Gasteiger partial charge in [-0.1, -0.05) is 23.7 Å². The van der Waals surface area contributed by atoms with Crippen molar-refractivity contribution in [1.82, 2.24) is 19.8 Å². The van der Waals surface area contributed by atoms with Gasteiger partial charge in [0.2, 0.25) is 4.77 Å². The van der Waals surface area contributed by atoms with Gasteiger partial charge >= 0.3 is 0 Å². The quantitative estimate of drug-likeness (QED) is 0.600. The molecule has 2 heterocycles. The zero-order chi connectivity index (χ0) is 19.5. The van der Waals surface area contributed by atoms with Crippen molar-refractivity contribution in [1.29, 1.82) is 0 Å². The minimum atomic E-state index is 0.497. The van der Waals surface area contributed by atoms with E-state index >= 15 is 0 Å². The molecule has 1 fully saturated rings. The van der Waals surface area contributed by atoms with Gasteiger partial charge in [-0.15, -0.1) is 0 Å². The van der Waals surface area contributed by atoms with E-state index in [4.69, 9.17) is 28.6 Å². The molecule has 0 radical (unpaired) electrons. The Labute approximate surface area is 174 Å². The van der Waals surface area contributed by atoms with Crippen LogP contribution in [-0.4, -0.2) is 52.3 Å². The third-order valence-corrected chi connectivity index (χ3v) is 5.47. The Bertz CT molecular complexity index is 996. The standard InChI is InChI=1S/C20H22ClN5OS/c1-14-23-24-20(28)26(14)22-13-17-5-4-16(12-15-2-6-18(21)7-3-15)19(17)25-8-10-27-11-9-25/h2-3,6-7,12-13H,4-5,8-11H2,1H3,(H,24,28)/b16-12?,22-13-. The van der Waals surface area contributed by atoms with Gasteiger partial charge in [0, 0.05) is 23.8 Å². The number of aromatic nitrogens is 3. The van der Waals surface area contributed by atoms with Crippen LogP contribution >= 0.6 is 23.8 Å². The average Bonchev–Trinajstić information content (AvgIpc) is 3.25. The van der Waals surface area contributed by atoms with Crippen molar-refractivity contribution < 1.29 is 4.74 Å². The monoisotopic (exact) mass is 415 g/mol. The van der Waals surface area contributed by atoms with Crippen LogP contribution in [0.25, 0.3) is 6.08 Å². The SMILES string of the molecule is Cc1n[nH]c(=S)n1/N=C\C1=C(N2CCOCC2)C(=Cc2ccc(Cl)cc2)CC1. The fourth-order valence-electron chi connectivity index (χ4n) is 3.57. The van der Waals surface area contributed by atoms with Crippen LogP contribution in [0.4, 0.5) is 0 Å². The number of allylic oxidation sites excluding steroid dienone is 2. The van der Waals surface area contributed by atoms with Gasteiger partial charge in [0.25, 0.3) is 0 Å². The summed E-state index contributed by atoms with van der Waals surface area (Å²) in [5.74, 6) is 0.740. The summed E-state index contributed by atoms with van der Waals surface area (Å²) in [6.45, 7) is 5.13. The largest absolute Gasteiger partial charge is 0.378 e. The molecule has 0 amide bonds. The van der Waals surface area contributed by atoms with Crippen LogP contribution in [0.3, 0.4) is 0 Å². The van der Waals surface area contributed by atoms with Crippen LogP contribution in [0, 0.1) is 11.7 Å². The number of benzene rings is 1. The van der Waals surface area contributed by atoms with Crippen LogP contribution in [0.1, 0.15) is 24.2 Å². The normalized spacial score (nSPS) is 19.4. The van der Waals surface area contributed by atoms with E-state index in [1.807, 2.05) is 37.4 Å². The van der Waals surface area contributed by atoms with Gasteiger partial charge in [-0.3, -0.25) is 5.10 Å². The molecule has 0 atom stereocenters. The maximum atomic E-state index is 6.03. The second-order valence-corrected chi connectivity index (χ2v) is 7.65. The Morgan fingerprint density at radius 3 is 2.64 bits per heavy atom. The van der Waals surface area contributed by atoms with Crippen molar-refractivity contribution in [2.24, 2.45) is 5.10 Å². The van der Waals surface area contributed by atoms with Gasteiger partial charge in [0.05, 0.1) is 19.4 Å². The summed E-state index contributed by atoms with van der Waals surface area (Å²) in [6.07, 6.45) is 6.09. The van der Waals surface area contributed by atoms with Crippen molar-refractivity contribution in [3.05, 3.63) is 62.3 Å². The molecule has 1 aliphatic heterocycles. The number of aryl methyl sites for hydroxylation is 1. The van der Waals surface area contributed by atoms with Crippen LogP contribution < -0.4 is 0 Å². The lowest BCUT2D eigenvalue weighted by atomic mass is 10.1. The predicted molar refractivity (Wildman–Crippen MR) is 114 cm³/mol. The highest BCUT2D eigenvalue weighted by atomic mass is 35.5. The second kappa shape index (κ2) is 8.43. The number of hydrogen-bond donors (Lipinski definition) is 1. The molecule has 0 bridgehead atoms. The molecule has 1 aliphatic carbocycles. The maximum absolute atomic E-state index is 6.03. The topological polar surface area (TPSA) is 58.4 Å². The Balaban J connectivity index is 1.71. The Kier molecular flexibility index (Phi) is 5.75. The van der Waals surface area contributed by atoms with Crippen LogP contribution in [0.5, 0.6) is 0 Å². The number of nitrogens with zero attached hydrogens (tertiary/aromatic N) is 4. The maximum Gasteiger partial charge on any atom is 0.216 e. The van der Waals surface area contributed by atoms with Crippen LogP contribution in [0.15, 0.2) is 46.2 Å². The molecule has 146 valence electrons. The number of hydrogen-bond acceptors (Lipinski definition) is 5. The van der Waals surface area contributed by atoms with Crippen LogP contribution in [-0.2, 0) is 4.74 Å². The second-order valence-electron chi connectivity index (χ2n) is 6.83. The van der Waals surface area contributed by atoms with Gasteiger partial charge in [-0.2, -0.15) is 14.9 Å². The summed E-state index contributed by atoms with van der Waals surface area (Å²) in [6, 6.07) is 7.94. The van der Waals surface area contributed by atoms with Crippen LogP contribution in [0.2, 0.25) is 5.02 Å². The highest BCUT2D eigenvalue weighted by Gasteiger charge is 2.25. The van der Waals surface area contributed by atoms with Gasteiger partial charge in [0.1, 0.15) is 5.82 Å². The Hall–Kier alpha value is -2.22. The minimum absolute atomic E-state index is 0.497. The fraction of sp³-hybridized carbons (Fsp3) is 0.350. The molecule has 1 N–H and O–H groups in total. The van der Waals surface area contributed by atoms with E-state index in [-0.39, 0.29) is 0 Å². The summed E-state index contributed by atoms with van der Waals surface area (Å²) < 4.78 is 7.70. The number of morpholine rings is 1. The molecule has 0 saturated carbocycles. The van der Waals surface area contributed by atoms with Gasteiger partial charge in [-0.05, 0) is 66.9 Å². The molecule has 2 aromatic rings. The molecular weight excluding hydrogens is 394 g/mol. The Morgan fingerprint density at radius 2 is 1.96 bits per heavy atom. The van der Waals surface area contributed by atoms with E-state index < -0.39 is 0 Å². The van der Waals surface area contributed by atoms with Crippen molar-refractivity contribution >= 4 is 36.1 Å². The van der Waals surface area contributed by atoms with E-state index in [1.165, 1.54) is 16.8 Å². The third-order valence-electron chi connectivity index (χ3n) is 4.95. The predicted octanol–water partition coefficient (Wildman–Crippen LogP) is 4.20. The smallest absolute Gasteiger partial charge is 0.216 e. The molecule has 0 unspecified atom stereocenters. The van der Waals surface area contributed by atoms with E-state index in [9.17, 15) is 0 Å². The van der Waals surface area contributed by atoms with Gasteiger partial charge in [0.15, 0.2) is 0 Å². The van der Waals surface area contributed by atoms with Crippen molar-refractivity contribution in [2.45, 2.75) is 19.8 Å². The molecule has 4 rings (SSSR count). The molecule has 1 saturated heterocycles. The average molecular weight is 416 g/mol. The first-order valence-electron chi connectivity index (χ1n) is 9.32. The molecule has 6 nitrogen and oxygen atoms in total. The van der Waals surface area contributed by atoms with Crippen molar-refractivity contribution in [3.8, 4) is 0 Å². The highest BCUT2D eigenvalue weighted by Crippen LogP contribution is 2.35. The van der Waals surface area contributed by atoms with E-state index in [0.29, 0.717) is 4.77 Å². The molecule has 2 aliphatic rings. The first-order valence-corrected chi connectivity index (χ1v) is 10.1. The summed E-state index contributed by atoms with van der Waals surface area (Å²) in [4.78, 5) is 2.40. The molecule has 0 spiro atoms. The molecular formula is C20H22ClN5OS.